The first-order valence-electron chi connectivity index (χ1n) is 8.47. The molecule has 138 valence electrons. The summed E-state index contributed by atoms with van der Waals surface area (Å²) in [6.45, 7) is 4.71. The Bertz CT molecular complexity index is 951. The summed E-state index contributed by atoms with van der Waals surface area (Å²) in [4.78, 5) is 12.9. The molecular formula is C19H21ClN2O3S. The third-order valence-electron chi connectivity index (χ3n) is 4.60. The van der Waals surface area contributed by atoms with Gasteiger partial charge in [0.15, 0.2) is 0 Å². The molecule has 0 atom stereocenters. The molecule has 3 rings (SSSR count). The maximum atomic E-state index is 12.8. The minimum atomic E-state index is -3.57. The van der Waals surface area contributed by atoms with Gasteiger partial charge in [-0.1, -0.05) is 23.7 Å². The second kappa shape index (κ2) is 7.39. The van der Waals surface area contributed by atoms with Gasteiger partial charge in [-0.3, -0.25) is 4.79 Å². The smallest absolute Gasteiger partial charge is 0.255 e. The van der Waals surface area contributed by atoms with Crippen LogP contribution in [0.2, 0.25) is 5.02 Å². The molecular weight excluding hydrogens is 372 g/mol. The number of hydrogen-bond donors (Lipinski definition) is 1. The third-order valence-corrected chi connectivity index (χ3v) is 6.73. The number of hydrogen-bond acceptors (Lipinski definition) is 3. The van der Waals surface area contributed by atoms with Crippen molar-refractivity contribution in [2.75, 3.05) is 18.4 Å². The fourth-order valence-corrected chi connectivity index (χ4v) is 4.72. The average molecular weight is 393 g/mol. The molecule has 1 heterocycles. The van der Waals surface area contributed by atoms with E-state index in [1.807, 2.05) is 13.0 Å². The Morgan fingerprint density at radius 2 is 1.69 bits per heavy atom. The van der Waals surface area contributed by atoms with Crippen LogP contribution in [0, 0.1) is 13.8 Å². The summed E-state index contributed by atoms with van der Waals surface area (Å²) in [7, 11) is -3.57. The summed E-state index contributed by atoms with van der Waals surface area (Å²) in [6.07, 6.45) is 1.74. The standard InChI is InChI=1S/C19H21ClN2O3S/c1-13-6-8-16(26(24,25)22-9-3-4-10-22)12-17(13)19(23)21-18-11-15(20)7-5-14(18)2/h5-8,11-12H,3-4,9-10H2,1-2H3,(H,21,23). The topological polar surface area (TPSA) is 66.5 Å². The summed E-state index contributed by atoms with van der Waals surface area (Å²) >= 11 is 6.00. The first-order valence-corrected chi connectivity index (χ1v) is 10.3. The largest absolute Gasteiger partial charge is 0.322 e. The third kappa shape index (κ3) is 3.77. The molecule has 0 bridgehead atoms. The normalized spacial score (nSPS) is 15.2. The van der Waals surface area contributed by atoms with Gasteiger partial charge < -0.3 is 5.32 Å². The van der Waals surface area contributed by atoms with E-state index < -0.39 is 10.0 Å². The van der Waals surface area contributed by atoms with E-state index in [1.165, 1.54) is 10.4 Å². The molecule has 0 aromatic heterocycles. The van der Waals surface area contributed by atoms with E-state index in [9.17, 15) is 13.2 Å². The molecule has 0 radical (unpaired) electrons. The monoisotopic (exact) mass is 392 g/mol. The molecule has 1 N–H and O–H groups in total. The first kappa shape index (κ1) is 18.9. The Morgan fingerprint density at radius 3 is 2.38 bits per heavy atom. The van der Waals surface area contributed by atoms with Gasteiger partial charge in [0, 0.05) is 29.4 Å². The van der Waals surface area contributed by atoms with Crippen LogP contribution in [0.4, 0.5) is 5.69 Å². The molecule has 1 fully saturated rings. The molecule has 5 nitrogen and oxygen atoms in total. The molecule has 2 aromatic carbocycles. The van der Waals surface area contributed by atoms with Crippen molar-refractivity contribution in [2.45, 2.75) is 31.6 Å². The van der Waals surface area contributed by atoms with Crippen LogP contribution in [-0.2, 0) is 10.0 Å². The quantitative estimate of drug-likeness (QED) is 0.855. The lowest BCUT2D eigenvalue weighted by Crippen LogP contribution is -2.28. The van der Waals surface area contributed by atoms with Crippen LogP contribution in [0.5, 0.6) is 0 Å². The van der Waals surface area contributed by atoms with E-state index in [2.05, 4.69) is 5.32 Å². The second-order valence-electron chi connectivity index (χ2n) is 6.50. The number of aryl methyl sites for hydroxylation is 2. The SMILES string of the molecule is Cc1ccc(Cl)cc1NC(=O)c1cc(S(=O)(=O)N2CCCC2)ccc1C. The summed E-state index contributed by atoms with van der Waals surface area (Å²) < 4.78 is 27.0. The Kier molecular flexibility index (Phi) is 5.37. The van der Waals surface area contributed by atoms with Crippen LogP contribution >= 0.6 is 11.6 Å². The Balaban J connectivity index is 1.92. The molecule has 26 heavy (non-hydrogen) atoms. The van der Waals surface area contributed by atoms with Crippen molar-refractivity contribution in [3.05, 3.63) is 58.1 Å². The molecule has 0 aliphatic carbocycles. The van der Waals surface area contributed by atoms with Crippen LogP contribution in [-0.4, -0.2) is 31.7 Å². The molecule has 0 unspecified atom stereocenters. The van der Waals surface area contributed by atoms with E-state index >= 15 is 0 Å². The van der Waals surface area contributed by atoms with Gasteiger partial charge in [0.05, 0.1) is 4.90 Å². The number of carbonyl (C=O) groups excluding carboxylic acids is 1. The Labute approximate surface area is 159 Å². The summed E-state index contributed by atoms with van der Waals surface area (Å²) in [5, 5.41) is 3.35. The molecule has 1 saturated heterocycles. The van der Waals surface area contributed by atoms with Crippen LogP contribution in [0.25, 0.3) is 0 Å². The highest BCUT2D eigenvalue weighted by Gasteiger charge is 2.28. The van der Waals surface area contributed by atoms with Crippen molar-refractivity contribution in [3.63, 3.8) is 0 Å². The fraction of sp³-hybridized carbons (Fsp3) is 0.316. The minimum Gasteiger partial charge on any atom is -0.322 e. The highest BCUT2D eigenvalue weighted by molar-refractivity contribution is 7.89. The number of nitrogens with one attached hydrogen (secondary N) is 1. The van der Waals surface area contributed by atoms with Crippen molar-refractivity contribution in [2.24, 2.45) is 0 Å². The van der Waals surface area contributed by atoms with Gasteiger partial charge in [-0.05, 0) is 62.1 Å². The zero-order valence-electron chi connectivity index (χ0n) is 14.8. The number of anilines is 1. The molecule has 7 heteroatoms. The predicted molar refractivity (Wildman–Crippen MR) is 103 cm³/mol. The van der Waals surface area contributed by atoms with Crippen molar-refractivity contribution in [1.29, 1.82) is 0 Å². The number of carbonyl (C=O) groups is 1. The summed E-state index contributed by atoms with van der Waals surface area (Å²) in [5.74, 6) is -0.355. The van der Waals surface area contributed by atoms with Gasteiger partial charge in [0.2, 0.25) is 10.0 Å². The van der Waals surface area contributed by atoms with Crippen LogP contribution in [0.15, 0.2) is 41.3 Å². The lowest BCUT2D eigenvalue weighted by Gasteiger charge is -2.17. The van der Waals surface area contributed by atoms with Gasteiger partial charge in [0.1, 0.15) is 0 Å². The van der Waals surface area contributed by atoms with Crippen molar-refractivity contribution in [3.8, 4) is 0 Å². The summed E-state index contributed by atoms with van der Waals surface area (Å²) in [6, 6.07) is 9.93. The summed E-state index contributed by atoms with van der Waals surface area (Å²) in [5.41, 5.74) is 2.53. The number of benzene rings is 2. The number of rotatable bonds is 4. The molecule has 1 amide bonds. The highest BCUT2D eigenvalue weighted by Crippen LogP contribution is 2.25. The molecule has 0 spiro atoms. The second-order valence-corrected chi connectivity index (χ2v) is 8.88. The van der Waals surface area contributed by atoms with E-state index in [0.717, 1.165) is 18.4 Å². The Morgan fingerprint density at radius 1 is 1.04 bits per heavy atom. The molecule has 0 saturated carbocycles. The van der Waals surface area contributed by atoms with Crippen molar-refractivity contribution < 1.29 is 13.2 Å². The zero-order chi connectivity index (χ0) is 18.9. The number of halogens is 1. The minimum absolute atomic E-state index is 0.151. The number of amides is 1. The molecule has 1 aliphatic heterocycles. The molecule has 2 aromatic rings. The predicted octanol–water partition coefficient (Wildman–Crippen LogP) is 3.99. The lowest BCUT2D eigenvalue weighted by molar-refractivity contribution is 0.102. The van der Waals surface area contributed by atoms with E-state index in [-0.39, 0.29) is 10.8 Å². The van der Waals surface area contributed by atoms with Gasteiger partial charge in [-0.2, -0.15) is 4.31 Å². The number of nitrogens with zero attached hydrogens (tertiary/aromatic N) is 1. The van der Waals surface area contributed by atoms with Crippen LogP contribution in [0.1, 0.15) is 34.3 Å². The van der Waals surface area contributed by atoms with Crippen molar-refractivity contribution in [1.82, 2.24) is 4.31 Å². The average Bonchev–Trinajstić information content (AvgIpc) is 3.13. The van der Waals surface area contributed by atoms with E-state index in [4.69, 9.17) is 11.6 Å². The first-order chi connectivity index (χ1) is 12.3. The maximum Gasteiger partial charge on any atom is 0.255 e. The van der Waals surface area contributed by atoms with Crippen LogP contribution in [0.3, 0.4) is 0 Å². The Hall–Kier alpha value is -1.89. The lowest BCUT2D eigenvalue weighted by atomic mass is 10.1. The van der Waals surface area contributed by atoms with Gasteiger partial charge in [-0.25, -0.2) is 8.42 Å². The zero-order valence-corrected chi connectivity index (χ0v) is 16.3. The van der Waals surface area contributed by atoms with Gasteiger partial charge >= 0.3 is 0 Å². The maximum absolute atomic E-state index is 12.8. The van der Waals surface area contributed by atoms with Gasteiger partial charge in [-0.15, -0.1) is 0 Å². The van der Waals surface area contributed by atoms with Crippen molar-refractivity contribution >= 4 is 33.2 Å². The van der Waals surface area contributed by atoms with Gasteiger partial charge in [0.25, 0.3) is 5.91 Å². The number of sulfonamides is 1. The van der Waals surface area contributed by atoms with Crippen LogP contribution < -0.4 is 5.32 Å². The molecule has 1 aliphatic rings. The van der Waals surface area contributed by atoms with E-state index in [1.54, 1.807) is 31.2 Å². The highest BCUT2D eigenvalue weighted by atomic mass is 35.5. The van der Waals surface area contributed by atoms with E-state index in [0.29, 0.717) is 34.9 Å². The fourth-order valence-electron chi connectivity index (χ4n) is 3.00.